The van der Waals surface area contributed by atoms with Gasteiger partial charge in [-0.15, -0.1) is 0 Å². The average molecular weight is 951 g/mol. The van der Waals surface area contributed by atoms with E-state index in [2.05, 4.69) is 41.6 Å². The number of halogens is 10. The Morgan fingerprint density at radius 1 is 0.613 bits per heavy atom. The fraction of sp³-hybridized carbons (Fsp3) is 0.412. The maximum atomic E-state index is 13.8. The minimum atomic E-state index is -6.25. The molecule has 0 aliphatic rings. The molecular formula is C34H32F10O16S2-2. The Labute approximate surface area is 344 Å². The lowest BCUT2D eigenvalue weighted by atomic mass is 10.2. The van der Waals surface area contributed by atoms with E-state index in [0.717, 1.165) is 26.0 Å². The zero-order chi connectivity index (χ0) is 48.3. The van der Waals surface area contributed by atoms with Crippen LogP contribution in [0.4, 0.5) is 43.9 Å². The van der Waals surface area contributed by atoms with Gasteiger partial charge in [-0.2, -0.15) is 43.9 Å². The third-order valence-corrected chi connectivity index (χ3v) is 8.90. The molecule has 62 heavy (non-hydrogen) atoms. The molecule has 0 bridgehead atoms. The number of benzene rings is 2. The molecule has 0 heterocycles. The SMILES string of the molecule is C=C(C)C(=O)OC(OCCC(F)(F)S(=O)(=O)[O-])(C(=O)OCc1ccccc1)C(F)(F)F.C=C(C)C(=O)OC(OCCC(F)(F)S(=O)(=O)[O-])(C(=O)Oc1ccc(C)cc1)C(F)(F)F. The molecule has 0 saturated heterocycles. The van der Waals surface area contributed by atoms with Crippen molar-refractivity contribution in [3.8, 4) is 5.75 Å². The maximum Gasteiger partial charge on any atom is 0.468 e. The highest BCUT2D eigenvalue weighted by Gasteiger charge is 2.69. The average Bonchev–Trinajstić information content (AvgIpc) is 3.12. The summed E-state index contributed by atoms with van der Waals surface area (Å²) in [4.78, 5) is 48.0. The van der Waals surface area contributed by atoms with Crippen molar-refractivity contribution in [1.82, 2.24) is 0 Å². The second-order valence-corrected chi connectivity index (χ2v) is 15.2. The maximum absolute atomic E-state index is 13.8. The summed E-state index contributed by atoms with van der Waals surface area (Å²) in [7, 11) is -12.5. The van der Waals surface area contributed by atoms with Crippen molar-refractivity contribution >= 4 is 44.1 Å². The van der Waals surface area contributed by atoms with E-state index >= 15 is 0 Å². The zero-order valence-electron chi connectivity index (χ0n) is 31.8. The summed E-state index contributed by atoms with van der Waals surface area (Å²) in [5.74, 6) is -17.8. The third kappa shape index (κ3) is 14.7. The van der Waals surface area contributed by atoms with Crippen molar-refractivity contribution in [2.24, 2.45) is 0 Å². The van der Waals surface area contributed by atoms with Crippen molar-refractivity contribution in [3.05, 3.63) is 90.0 Å². The molecule has 2 aromatic rings. The summed E-state index contributed by atoms with van der Waals surface area (Å²) in [6.45, 7) is 5.15. The van der Waals surface area contributed by atoms with E-state index < -0.39 is 128 Å². The first-order valence-corrected chi connectivity index (χ1v) is 19.1. The second-order valence-electron chi connectivity index (χ2n) is 12.2. The highest BCUT2D eigenvalue weighted by atomic mass is 32.2. The summed E-state index contributed by atoms with van der Waals surface area (Å²) < 4.78 is 224. The number of rotatable bonds is 19. The van der Waals surface area contributed by atoms with Gasteiger partial charge in [-0.1, -0.05) is 61.2 Å². The molecule has 2 atom stereocenters. The molecule has 0 radical (unpaired) electrons. The van der Waals surface area contributed by atoms with Gasteiger partial charge in [-0.05, 0) is 38.5 Å². The predicted octanol–water partition coefficient (Wildman–Crippen LogP) is 5.48. The van der Waals surface area contributed by atoms with E-state index in [9.17, 15) is 89.0 Å². The second kappa shape index (κ2) is 20.8. The van der Waals surface area contributed by atoms with E-state index in [1.807, 2.05) is 0 Å². The van der Waals surface area contributed by atoms with Crippen LogP contribution < -0.4 is 4.74 Å². The summed E-state index contributed by atoms with van der Waals surface area (Å²) in [6.07, 6.45) is -15.9. The molecule has 348 valence electrons. The number of carbonyl (C=O) groups is 4. The number of aryl methyl sites for hydroxylation is 1. The summed E-state index contributed by atoms with van der Waals surface area (Å²) in [5, 5.41) is -10.0. The molecule has 2 unspecified atom stereocenters. The lowest BCUT2D eigenvalue weighted by Crippen LogP contribution is -2.59. The van der Waals surface area contributed by atoms with E-state index in [1.165, 1.54) is 36.4 Å². The van der Waals surface area contributed by atoms with Crippen molar-refractivity contribution in [1.29, 1.82) is 0 Å². The lowest BCUT2D eigenvalue weighted by molar-refractivity contribution is -0.356. The van der Waals surface area contributed by atoms with Gasteiger partial charge in [0.15, 0.2) is 20.2 Å². The topological polar surface area (TPSA) is 238 Å². The smallest absolute Gasteiger partial charge is 0.468 e. The van der Waals surface area contributed by atoms with Crippen molar-refractivity contribution in [3.63, 3.8) is 0 Å². The van der Waals surface area contributed by atoms with E-state index in [1.54, 1.807) is 13.0 Å². The van der Waals surface area contributed by atoms with Gasteiger partial charge in [-0.3, -0.25) is 0 Å². The highest BCUT2D eigenvalue weighted by Crippen LogP contribution is 2.40. The third-order valence-electron chi connectivity index (χ3n) is 7.03. The van der Waals surface area contributed by atoms with Crippen LogP contribution in [-0.4, -0.2) is 97.5 Å². The van der Waals surface area contributed by atoms with Crippen LogP contribution in [0.2, 0.25) is 0 Å². The Bertz CT molecular complexity index is 2160. The largest absolute Gasteiger partial charge is 0.743 e. The van der Waals surface area contributed by atoms with Crippen LogP contribution in [0.3, 0.4) is 0 Å². The Kier molecular flexibility index (Phi) is 18.4. The molecule has 28 heteroatoms. The van der Waals surface area contributed by atoms with E-state index in [0.29, 0.717) is 5.56 Å². The molecule has 0 saturated carbocycles. The van der Waals surface area contributed by atoms with Crippen LogP contribution in [0.1, 0.15) is 37.8 Å². The Balaban J connectivity index is 0.000000620. The van der Waals surface area contributed by atoms with Crippen molar-refractivity contribution < 1.29 is 117 Å². The summed E-state index contributed by atoms with van der Waals surface area (Å²) in [5.41, 5.74) is -0.358. The van der Waals surface area contributed by atoms with Crippen LogP contribution in [0.15, 0.2) is 78.9 Å². The van der Waals surface area contributed by atoms with Crippen LogP contribution in [-0.2, 0) is 69.7 Å². The number of hydrogen-bond donors (Lipinski definition) is 0. The van der Waals surface area contributed by atoms with Crippen LogP contribution >= 0.6 is 0 Å². The van der Waals surface area contributed by atoms with E-state index in [-0.39, 0.29) is 5.56 Å². The first-order chi connectivity index (χ1) is 28.0. The molecule has 0 amide bonds. The number of carbonyl (C=O) groups excluding carboxylic acids is 4. The molecule has 0 N–H and O–H groups in total. The normalized spacial score (nSPS) is 14.4. The molecule has 0 aromatic heterocycles. The number of hydrogen-bond acceptors (Lipinski definition) is 16. The quantitative estimate of drug-likeness (QED) is 0.0322. The molecular weight excluding hydrogens is 918 g/mol. The molecule has 2 rings (SSSR count). The van der Waals surface area contributed by atoms with Crippen molar-refractivity contribution in [2.75, 3.05) is 13.2 Å². The van der Waals surface area contributed by atoms with Gasteiger partial charge >= 0.3 is 58.3 Å². The summed E-state index contributed by atoms with van der Waals surface area (Å²) >= 11 is 0. The lowest BCUT2D eigenvalue weighted by Gasteiger charge is -2.32. The van der Waals surface area contributed by atoms with Gasteiger partial charge in [0, 0.05) is 24.0 Å². The standard InChI is InChI=1S/2C17H17F5O8S/c1-10(2)13(23)30-16(17(20,21)22,28-9-8-15(18,19)31(25,26)27)14(24)29-12-6-4-11(3)5-7-12;1-11(2)13(23)30-16(17(20,21)22,29-9-8-15(18,19)31(25,26)27)14(24)28-10-12-6-4-3-5-7-12/h4-7H,1,8-9H2,2-3H3,(H,25,26,27);3-7H,1,8-10H2,2H3,(H,25,26,27)/p-2. The van der Waals surface area contributed by atoms with Crippen LogP contribution in [0.5, 0.6) is 5.75 Å². The Morgan fingerprint density at radius 3 is 1.32 bits per heavy atom. The van der Waals surface area contributed by atoms with Crippen molar-refractivity contribution in [2.45, 2.75) is 74.7 Å². The van der Waals surface area contributed by atoms with Gasteiger partial charge < -0.3 is 37.5 Å². The first-order valence-electron chi connectivity index (χ1n) is 16.3. The van der Waals surface area contributed by atoms with E-state index in [4.69, 9.17) is 0 Å². The summed E-state index contributed by atoms with van der Waals surface area (Å²) in [6, 6.07) is 12.2. The van der Waals surface area contributed by atoms with Gasteiger partial charge in [0.2, 0.25) is 0 Å². The van der Waals surface area contributed by atoms with Gasteiger partial charge in [0.1, 0.15) is 12.4 Å². The van der Waals surface area contributed by atoms with Gasteiger partial charge in [0.25, 0.3) is 0 Å². The molecule has 0 fully saturated rings. The minimum absolute atomic E-state index is 0.224. The molecule has 0 aliphatic heterocycles. The molecule has 0 spiro atoms. The number of ether oxygens (including phenoxy) is 6. The fourth-order valence-electron chi connectivity index (χ4n) is 3.68. The van der Waals surface area contributed by atoms with Crippen LogP contribution in [0, 0.1) is 6.92 Å². The monoisotopic (exact) mass is 950 g/mol. The van der Waals surface area contributed by atoms with Crippen LogP contribution in [0.25, 0.3) is 0 Å². The fourth-order valence-corrected chi connectivity index (χ4v) is 4.35. The molecule has 2 aromatic carbocycles. The number of esters is 4. The minimum Gasteiger partial charge on any atom is -0.743 e. The van der Waals surface area contributed by atoms with Gasteiger partial charge in [-0.25, -0.2) is 36.0 Å². The Morgan fingerprint density at radius 2 is 0.984 bits per heavy atom. The first kappa shape index (κ1) is 54.9. The predicted molar refractivity (Wildman–Crippen MR) is 183 cm³/mol. The zero-order valence-corrected chi connectivity index (χ0v) is 33.4. The number of alkyl halides is 10. The highest BCUT2D eigenvalue weighted by molar-refractivity contribution is 7.87. The molecule has 0 aliphatic carbocycles. The molecule has 16 nitrogen and oxygen atoms in total. The van der Waals surface area contributed by atoms with Gasteiger partial charge in [0.05, 0.1) is 13.2 Å². The Hall–Kier alpha value is -5.16.